The van der Waals surface area contributed by atoms with Gasteiger partial charge in [0, 0.05) is 10.8 Å². The second-order valence-electron chi connectivity index (χ2n) is 3.42. The molecule has 0 saturated heterocycles. The first-order valence-corrected chi connectivity index (χ1v) is 7.31. The summed E-state index contributed by atoms with van der Waals surface area (Å²) in [6.07, 6.45) is 0. The SMILES string of the molecule is CCOC(=O)c1nc(C(=O)NCc2cscn2)cs1. The Labute approximate surface area is 117 Å². The standard InChI is InChI=1S/C11H11N3O3S2/c1-2-17-11(16)10-14-8(5-19-10)9(15)12-3-7-4-18-6-13-7/h4-6H,2-3H2,1H3,(H,12,15). The molecule has 2 heterocycles. The number of nitrogens with one attached hydrogen (secondary N) is 1. The minimum Gasteiger partial charge on any atom is -0.461 e. The lowest BCUT2D eigenvalue weighted by atomic mass is 10.4. The number of rotatable bonds is 5. The van der Waals surface area contributed by atoms with Crippen molar-refractivity contribution in [3.8, 4) is 0 Å². The van der Waals surface area contributed by atoms with Gasteiger partial charge in [0.2, 0.25) is 5.01 Å². The molecule has 0 unspecified atom stereocenters. The first kappa shape index (κ1) is 13.6. The summed E-state index contributed by atoms with van der Waals surface area (Å²) in [6.45, 7) is 2.34. The van der Waals surface area contributed by atoms with E-state index in [-0.39, 0.29) is 23.2 Å². The zero-order valence-corrected chi connectivity index (χ0v) is 11.7. The van der Waals surface area contributed by atoms with E-state index in [0.29, 0.717) is 6.54 Å². The molecule has 0 bridgehead atoms. The summed E-state index contributed by atoms with van der Waals surface area (Å²) in [5.74, 6) is -0.842. The molecule has 0 aliphatic heterocycles. The Hall–Kier alpha value is -1.80. The van der Waals surface area contributed by atoms with Gasteiger partial charge in [0.05, 0.1) is 24.4 Å². The Bertz CT molecular complexity index is 566. The van der Waals surface area contributed by atoms with Crippen LogP contribution in [-0.4, -0.2) is 28.5 Å². The van der Waals surface area contributed by atoms with Crippen molar-refractivity contribution in [2.45, 2.75) is 13.5 Å². The van der Waals surface area contributed by atoms with E-state index in [1.54, 1.807) is 12.4 Å². The molecule has 100 valence electrons. The van der Waals surface area contributed by atoms with E-state index in [4.69, 9.17) is 4.74 Å². The zero-order valence-electron chi connectivity index (χ0n) is 10.1. The molecular weight excluding hydrogens is 286 g/mol. The summed E-state index contributed by atoms with van der Waals surface area (Å²) in [7, 11) is 0. The highest BCUT2D eigenvalue weighted by atomic mass is 32.1. The highest BCUT2D eigenvalue weighted by molar-refractivity contribution is 7.11. The summed E-state index contributed by atoms with van der Waals surface area (Å²) in [5.41, 5.74) is 2.70. The van der Waals surface area contributed by atoms with Crippen molar-refractivity contribution < 1.29 is 14.3 Å². The molecule has 1 amide bonds. The second kappa shape index (κ2) is 6.39. The Morgan fingerprint density at radius 1 is 1.42 bits per heavy atom. The van der Waals surface area contributed by atoms with Crippen LogP contribution in [0.5, 0.6) is 0 Å². The van der Waals surface area contributed by atoms with Crippen molar-refractivity contribution >= 4 is 34.6 Å². The fourth-order valence-corrected chi connectivity index (χ4v) is 2.50. The average molecular weight is 297 g/mol. The molecule has 19 heavy (non-hydrogen) atoms. The van der Waals surface area contributed by atoms with E-state index < -0.39 is 5.97 Å². The smallest absolute Gasteiger partial charge is 0.367 e. The van der Waals surface area contributed by atoms with Crippen LogP contribution in [0.1, 0.15) is 32.9 Å². The Morgan fingerprint density at radius 2 is 2.26 bits per heavy atom. The Morgan fingerprint density at radius 3 is 2.95 bits per heavy atom. The van der Waals surface area contributed by atoms with Gasteiger partial charge in [0.1, 0.15) is 5.69 Å². The molecular formula is C11H11N3O3S2. The van der Waals surface area contributed by atoms with Crippen molar-refractivity contribution in [3.63, 3.8) is 0 Å². The number of hydrogen-bond acceptors (Lipinski definition) is 7. The number of hydrogen-bond donors (Lipinski definition) is 1. The molecule has 8 heteroatoms. The third-order valence-corrected chi connectivity index (χ3v) is 3.56. The van der Waals surface area contributed by atoms with Crippen LogP contribution in [0, 0.1) is 0 Å². The first-order chi connectivity index (χ1) is 9.20. The van der Waals surface area contributed by atoms with Crippen LogP contribution in [-0.2, 0) is 11.3 Å². The predicted molar refractivity (Wildman–Crippen MR) is 71.4 cm³/mol. The van der Waals surface area contributed by atoms with Gasteiger partial charge in [-0.25, -0.2) is 14.8 Å². The molecule has 0 spiro atoms. The van der Waals surface area contributed by atoms with E-state index >= 15 is 0 Å². The van der Waals surface area contributed by atoms with Gasteiger partial charge in [-0.3, -0.25) is 4.79 Å². The first-order valence-electron chi connectivity index (χ1n) is 5.48. The van der Waals surface area contributed by atoms with Crippen molar-refractivity contribution in [2.24, 2.45) is 0 Å². The lowest BCUT2D eigenvalue weighted by Crippen LogP contribution is -2.23. The third-order valence-electron chi connectivity index (χ3n) is 2.10. The number of aromatic nitrogens is 2. The van der Waals surface area contributed by atoms with E-state index in [9.17, 15) is 9.59 Å². The third kappa shape index (κ3) is 3.58. The average Bonchev–Trinajstić information content (AvgIpc) is 3.07. The lowest BCUT2D eigenvalue weighted by Gasteiger charge is -1.99. The summed E-state index contributed by atoms with van der Waals surface area (Å²) < 4.78 is 4.81. The van der Waals surface area contributed by atoms with E-state index in [0.717, 1.165) is 17.0 Å². The number of carbonyl (C=O) groups excluding carboxylic acids is 2. The maximum atomic E-state index is 11.8. The Balaban J connectivity index is 1.94. The number of carbonyl (C=O) groups is 2. The van der Waals surface area contributed by atoms with Crippen molar-refractivity contribution in [2.75, 3.05) is 6.61 Å². The molecule has 1 N–H and O–H groups in total. The number of ether oxygens (including phenoxy) is 1. The molecule has 2 aromatic rings. The van der Waals surface area contributed by atoms with Crippen LogP contribution < -0.4 is 5.32 Å². The van der Waals surface area contributed by atoms with Crippen LogP contribution in [0.25, 0.3) is 0 Å². The second-order valence-corrected chi connectivity index (χ2v) is 5.00. The summed E-state index contributed by atoms with van der Waals surface area (Å²) in [6, 6.07) is 0. The normalized spacial score (nSPS) is 10.2. The van der Waals surface area contributed by atoms with Crippen LogP contribution in [0.3, 0.4) is 0 Å². The van der Waals surface area contributed by atoms with Crippen molar-refractivity contribution in [1.29, 1.82) is 0 Å². The van der Waals surface area contributed by atoms with E-state index in [1.807, 2.05) is 5.38 Å². The van der Waals surface area contributed by atoms with Gasteiger partial charge in [0.15, 0.2) is 0 Å². The highest BCUT2D eigenvalue weighted by Crippen LogP contribution is 2.11. The highest BCUT2D eigenvalue weighted by Gasteiger charge is 2.16. The fourth-order valence-electron chi connectivity index (χ4n) is 1.25. The summed E-state index contributed by atoms with van der Waals surface area (Å²) in [4.78, 5) is 31.2. The monoisotopic (exact) mass is 297 g/mol. The fraction of sp³-hybridized carbons (Fsp3) is 0.273. The molecule has 6 nitrogen and oxygen atoms in total. The molecule has 0 aromatic carbocycles. The zero-order chi connectivity index (χ0) is 13.7. The van der Waals surface area contributed by atoms with Gasteiger partial charge in [-0.15, -0.1) is 22.7 Å². The van der Waals surface area contributed by atoms with Crippen molar-refractivity contribution in [3.05, 3.63) is 32.7 Å². The molecule has 0 aliphatic carbocycles. The number of thiazole rings is 2. The number of amides is 1. The predicted octanol–water partition coefficient (Wildman–Crippen LogP) is 1.71. The molecule has 0 fully saturated rings. The molecule has 0 radical (unpaired) electrons. The Kier molecular flexibility index (Phi) is 4.58. The molecule has 0 saturated carbocycles. The molecule has 0 atom stereocenters. The van der Waals surface area contributed by atoms with Crippen LogP contribution >= 0.6 is 22.7 Å². The van der Waals surface area contributed by atoms with Gasteiger partial charge in [-0.1, -0.05) is 0 Å². The van der Waals surface area contributed by atoms with E-state index in [2.05, 4.69) is 15.3 Å². The van der Waals surface area contributed by atoms with Gasteiger partial charge < -0.3 is 10.1 Å². The maximum absolute atomic E-state index is 11.8. The van der Waals surface area contributed by atoms with Gasteiger partial charge in [-0.2, -0.15) is 0 Å². The minimum absolute atomic E-state index is 0.181. The van der Waals surface area contributed by atoms with Gasteiger partial charge in [0.25, 0.3) is 5.91 Å². The summed E-state index contributed by atoms with van der Waals surface area (Å²) >= 11 is 2.55. The number of esters is 1. The topological polar surface area (TPSA) is 81.2 Å². The largest absolute Gasteiger partial charge is 0.461 e. The number of nitrogens with zero attached hydrogens (tertiary/aromatic N) is 2. The molecule has 2 rings (SSSR count). The maximum Gasteiger partial charge on any atom is 0.367 e. The van der Waals surface area contributed by atoms with E-state index in [1.165, 1.54) is 16.7 Å². The van der Waals surface area contributed by atoms with Crippen LogP contribution in [0.15, 0.2) is 16.3 Å². The van der Waals surface area contributed by atoms with Crippen LogP contribution in [0.4, 0.5) is 0 Å². The van der Waals surface area contributed by atoms with Crippen LogP contribution in [0.2, 0.25) is 0 Å². The quantitative estimate of drug-likeness (QED) is 0.850. The minimum atomic E-state index is -0.508. The molecule has 2 aromatic heterocycles. The van der Waals surface area contributed by atoms with Gasteiger partial charge >= 0.3 is 5.97 Å². The summed E-state index contributed by atoms with van der Waals surface area (Å²) in [5, 5.41) is 6.25. The molecule has 0 aliphatic rings. The van der Waals surface area contributed by atoms with Gasteiger partial charge in [-0.05, 0) is 6.92 Å². The van der Waals surface area contributed by atoms with Crippen molar-refractivity contribution in [1.82, 2.24) is 15.3 Å². The lowest BCUT2D eigenvalue weighted by molar-refractivity contribution is 0.0526.